The van der Waals surface area contributed by atoms with Crippen molar-refractivity contribution in [1.82, 2.24) is 14.9 Å². The molecule has 1 aliphatic rings. The Kier molecular flexibility index (Phi) is 4.98. The molecule has 1 aromatic carbocycles. The first kappa shape index (κ1) is 16.3. The van der Waals surface area contributed by atoms with Crippen LogP contribution in [0.1, 0.15) is 18.4 Å². The summed E-state index contributed by atoms with van der Waals surface area (Å²) in [5.41, 5.74) is 0.191. The van der Waals surface area contributed by atoms with Crippen molar-refractivity contribution in [3.63, 3.8) is 0 Å². The SMILES string of the molecule is O=C(Cc1ccc(F)cc1F)N1CCCC(Oc2ncccn2)C1. The molecular weight excluding hydrogens is 316 g/mol. The molecule has 126 valence electrons. The highest BCUT2D eigenvalue weighted by atomic mass is 19.1. The summed E-state index contributed by atoms with van der Waals surface area (Å²) in [6.45, 7) is 0.997. The molecular formula is C17H17F2N3O2. The zero-order chi connectivity index (χ0) is 16.9. The summed E-state index contributed by atoms with van der Waals surface area (Å²) < 4.78 is 32.3. The molecule has 0 bridgehead atoms. The van der Waals surface area contributed by atoms with E-state index in [0.29, 0.717) is 13.1 Å². The van der Waals surface area contributed by atoms with Gasteiger partial charge in [-0.1, -0.05) is 6.07 Å². The Morgan fingerprint density at radius 1 is 1.29 bits per heavy atom. The number of likely N-dealkylation sites (tertiary alicyclic amines) is 1. The second kappa shape index (κ2) is 7.33. The largest absolute Gasteiger partial charge is 0.458 e. The van der Waals surface area contributed by atoms with Crippen molar-refractivity contribution < 1.29 is 18.3 Å². The molecule has 7 heteroatoms. The highest BCUT2D eigenvalue weighted by Crippen LogP contribution is 2.17. The summed E-state index contributed by atoms with van der Waals surface area (Å²) >= 11 is 0. The van der Waals surface area contributed by atoms with Gasteiger partial charge in [-0.15, -0.1) is 0 Å². The third-order valence-corrected chi connectivity index (χ3v) is 3.90. The van der Waals surface area contributed by atoms with Crippen LogP contribution in [0.2, 0.25) is 0 Å². The molecule has 2 aromatic rings. The zero-order valence-corrected chi connectivity index (χ0v) is 13.0. The predicted octanol–water partition coefficient (Wildman–Crippen LogP) is 2.37. The van der Waals surface area contributed by atoms with Crippen LogP contribution in [0, 0.1) is 11.6 Å². The number of carbonyl (C=O) groups excluding carboxylic acids is 1. The molecule has 2 heterocycles. The predicted molar refractivity (Wildman–Crippen MR) is 82.3 cm³/mol. The van der Waals surface area contributed by atoms with Crippen molar-refractivity contribution in [2.45, 2.75) is 25.4 Å². The number of amides is 1. The standard InChI is InChI=1S/C17H17F2N3O2/c18-13-5-4-12(15(19)10-13)9-16(23)22-8-1-3-14(11-22)24-17-20-6-2-7-21-17/h2,4-7,10,14H,1,3,8-9,11H2. The van der Waals surface area contributed by atoms with Crippen molar-refractivity contribution >= 4 is 5.91 Å². The number of rotatable bonds is 4. The van der Waals surface area contributed by atoms with Crippen LogP contribution in [-0.4, -0.2) is 40.0 Å². The van der Waals surface area contributed by atoms with Crippen LogP contribution in [0.15, 0.2) is 36.7 Å². The molecule has 5 nitrogen and oxygen atoms in total. The summed E-state index contributed by atoms with van der Waals surface area (Å²) in [7, 11) is 0. The fourth-order valence-electron chi connectivity index (χ4n) is 2.70. The van der Waals surface area contributed by atoms with Gasteiger partial charge < -0.3 is 9.64 Å². The summed E-state index contributed by atoms with van der Waals surface area (Å²) in [5.74, 6) is -1.56. The molecule has 1 saturated heterocycles. The van der Waals surface area contributed by atoms with Crippen molar-refractivity contribution in [3.05, 3.63) is 53.9 Å². The van der Waals surface area contributed by atoms with Gasteiger partial charge in [-0.25, -0.2) is 18.7 Å². The maximum atomic E-state index is 13.7. The highest BCUT2D eigenvalue weighted by Gasteiger charge is 2.26. The molecule has 1 fully saturated rings. The lowest BCUT2D eigenvalue weighted by atomic mass is 10.1. The van der Waals surface area contributed by atoms with Gasteiger partial charge >= 0.3 is 6.01 Å². The minimum Gasteiger partial charge on any atom is -0.458 e. The van der Waals surface area contributed by atoms with Crippen LogP contribution in [0.3, 0.4) is 0 Å². The topological polar surface area (TPSA) is 55.3 Å². The first-order chi connectivity index (χ1) is 11.6. The van der Waals surface area contributed by atoms with E-state index < -0.39 is 11.6 Å². The van der Waals surface area contributed by atoms with Crippen molar-refractivity contribution in [2.24, 2.45) is 0 Å². The average molecular weight is 333 g/mol. The van der Waals surface area contributed by atoms with Gasteiger partial charge in [0.2, 0.25) is 5.91 Å². The summed E-state index contributed by atoms with van der Waals surface area (Å²) in [5, 5.41) is 0. The van der Waals surface area contributed by atoms with E-state index in [0.717, 1.165) is 25.0 Å². The number of nitrogens with zero attached hydrogens (tertiary/aromatic N) is 3. The zero-order valence-electron chi connectivity index (χ0n) is 13.0. The van der Waals surface area contributed by atoms with Crippen LogP contribution in [-0.2, 0) is 11.2 Å². The molecule has 0 saturated carbocycles. The Bertz CT molecular complexity index is 712. The van der Waals surface area contributed by atoms with Crippen molar-refractivity contribution in [3.8, 4) is 6.01 Å². The molecule has 3 rings (SSSR count). The molecule has 1 aliphatic heterocycles. The lowest BCUT2D eigenvalue weighted by molar-refractivity contribution is -0.133. The van der Waals surface area contributed by atoms with Gasteiger partial charge in [0.15, 0.2) is 0 Å². The Labute approximate surface area is 138 Å². The molecule has 0 spiro atoms. The van der Waals surface area contributed by atoms with E-state index in [2.05, 4.69) is 9.97 Å². The number of carbonyl (C=O) groups is 1. The van der Waals surface area contributed by atoms with Gasteiger partial charge in [0.1, 0.15) is 17.7 Å². The number of halogens is 2. The minimum atomic E-state index is -0.703. The van der Waals surface area contributed by atoms with E-state index in [4.69, 9.17) is 4.74 Å². The quantitative estimate of drug-likeness (QED) is 0.862. The van der Waals surface area contributed by atoms with E-state index in [1.165, 1.54) is 6.07 Å². The lowest BCUT2D eigenvalue weighted by Gasteiger charge is -2.32. The Morgan fingerprint density at radius 3 is 2.83 bits per heavy atom. The van der Waals surface area contributed by atoms with Gasteiger partial charge in [-0.3, -0.25) is 4.79 Å². The smallest absolute Gasteiger partial charge is 0.316 e. The van der Waals surface area contributed by atoms with E-state index >= 15 is 0 Å². The van der Waals surface area contributed by atoms with Gasteiger partial charge in [0.05, 0.1) is 13.0 Å². The third-order valence-electron chi connectivity index (χ3n) is 3.90. The van der Waals surface area contributed by atoms with Crippen LogP contribution in [0.25, 0.3) is 0 Å². The molecule has 24 heavy (non-hydrogen) atoms. The lowest BCUT2D eigenvalue weighted by Crippen LogP contribution is -2.45. The molecule has 0 aliphatic carbocycles. The average Bonchev–Trinajstić information content (AvgIpc) is 2.58. The monoisotopic (exact) mass is 333 g/mol. The Morgan fingerprint density at radius 2 is 2.08 bits per heavy atom. The molecule has 1 aromatic heterocycles. The molecule has 0 N–H and O–H groups in total. The number of ether oxygens (including phenoxy) is 1. The number of hydrogen-bond acceptors (Lipinski definition) is 4. The summed E-state index contributed by atoms with van der Waals surface area (Å²) in [6.07, 6.45) is 4.47. The fourth-order valence-corrected chi connectivity index (χ4v) is 2.70. The number of piperidine rings is 1. The first-order valence-electron chi connectivity index (χ1n) is 7.77. The van der Waals surface area contributed by atoms with E-state index in [9.17, 15) is 13.6 Å². The van der Waals surface area contributed by atoms with Gasteiger partial charge in [-0.2, -0.15) is 0 Å². The Balaban J connectivity index is 1.60. The van der Waals surface area contributed by atoms with Crippen molar-refractivity contribution in [2.75, 3.05) is 13.1 Å². The molecule has 1 amide bonds. The maximum Gasteiger partial charge on any atom is 0.316 e. The summed E-state index contributed by atoms with van der Waals surface area (Å²) in [4.78, 5) is 22.0. The number of aromatic nitrogens is 2. The number of hydrogen-bond donors (Lipinski definition) is 0. The summed E-state index contributed by atoms with van der Waals surface area (Å²) in [6, 6.07) is 5.22. The maximum absolute atomic E-state index is 13.7. The number of benzene rings is 1. The van der Waals surface area contributed by atoms with E-state index in [1.54, 1.807) is 23.4 Å². The highest BCUT2D eigenvalue weighted by molar-refractivity contribution is 5.79. The first-order valence-corrected chi connectivity index (χ1v) is 7.77. The molecule has 0 radical (unpaired) electrons. The minimum absolute atomic E-state index is 0.0966. The fraction of sp³-hybridized carbons (Fsp3) is 0.353. The van der Waals surface area contributed by atoms with E-state index in [1.807, 2.05) is 0 Å². The normalized spacial score (nSPS) is 17.6. The van der Waals surface area contributed by atoms with Gasteiger partial charge in [0, 0.05) is 25.0 Å². The van der Waals surface area contributed by atoms with Crippen LogP contribution in [0.4, 0.5) is 8.78 Å². The third kappa shape index (κ3) is 4.04. The second-order valence-corrected chi connectivity index (χ2v) is 5.67. The van der Waals surface area contributed by atoms with Gasteiger partial charge in [-0.05, 0) is 30.5 Å². The van der Waals surface area contributed by atoms with Crippen molar-refractivity contribution in [1.29, 1.82) is 0 Å². The molecule has 1 unspecified atom stereocenters. The van der Waals surface area contributed by atoms with Crippen LogP contribution >= 0.6 is 0 Å². The second-order valence-electron chi connectivity index (χ2n) is 5.67. The van der Waals surface area contributed by atoms with Gasteiger partial charge in [0.25, 0.3) is 0 Å². The Hall–Kier alpha value is -2.57. The van der Waals surface area contributed by atoms with Crippen LogP contribution in [0.5, 0.6) is 6.01 Å². The van der Waals surface area contributed by atoms with E-state index in [-0.39, 0.29) is 30.0 Å². The molecule has 1 atom stereocenters. The van der Waals surface area contributed by atoms with Crippen LogP contribution < -0.4 is 4.74 Å².